The van der Waals surface area contributed by atoms with E-state index in [9.17, 15) is 4.79 Å². The largest absolute Gasteiger partial charge is 0.481 e. The Morgan fingerprint density at radius 2 is 1.42 bits per heavy atom. The van der Waals surface area contributed by atoms with Crippen LogP contribution in [0.1, 0.15) is 79.1 Å². The fraction of sp³-hybridized carbons (Fsp3) is 0.938. The summed E-state index contributed by atoms with van der Waals surface area (Å²) in [6, 6.07) is 0. The van der Waals surface area contributed by atoms with Gasteiger partial charge in [-0.2, -0.15) is 0 Å². The van der Waals surface area contributed by atoms with Crippen LogP contribution in [0.3, 0.4) is 0 Å². The summed E-state index contributed by atoms with van der Waals surface area (Å²) in [6.45, 7) is 10.9. The van der Waals surface area contributed by atoms with Crippen LogP contribution in [0, 0.1) is 5.92 Å². The molecule has 0 rings (SSSR count). The summed E-state index contributed by atoms with van der Waals surface area (Å²) in [5, 5.41) is 12.0. The molecule has 0 fully saturated rings. The molecule has 0 radical (unpaired) electrons. The molecule has 3 heteroatoms. The fourth-order valence-corrected chi connectivity index (χ4v) is 1.68. The first-order valence-electron chi connectivity index (χ1n) is 8.07. The zero-order valence-electron chi connectivity index (χ0n) is 13.5. The molecule has 0 aliphatic carbocycles. The summed E-state index contributed by atoms with van der Waals surface area (Å²) in [7, 11) is 0. The van der Waals surface area contributed by atoms with Crippen molar-refractivity contribution in [1.82, 2.24) is 5.32 Å². The first kappa shape index (κ1) is 20.7. The van der Waals surface area contributed by atoms with E-state index in [-0.39, 0.29) is 5.92 Å². The molecule has 3 nitrogen and oxygen atoms in total. The third-order valence-electron chi connectivity index (χ3n) is 3.16. The maximum Gasteiger partial charge on any atom is 0.306 e. The first-order chi connectivity index (χ1) is 9.13. The SMILES string of the molecule is CCCCC(CC)C(=O)O.CCCCNCCCC. The third-order valence-corrected chi connectivity index (χ3v) is 3.16. The van der Waals surface area contributed by atoms with Gasteiger partial charge in [-0.25, -0.2) is 0 Å². The molecule has 0 aliphatic rings. The number of carboxylic acid groups (broad SMARTS) is 1. The zero-order valence-corrected chi connectivity index (χ0v) is 13.5. The van der Waals surface area contributed by atoms with E-state index < -0.39 is 5.97 Å². The van der Waals surface area contributed by atoms with E-state index in [0.717, 1.165) is 25.7 Å². The normalized spacial score (nSPS) is 11.6. The maximum absolute atomic E-state index is 10.4. The summed E-state index contributed by atoms with van der Waals surface area (Å²) in [6.07, 6.45) is 8.97. The number of aliphatic carboxylic acids is 1. The van der Waals surface area contributed by atoms with Gasteiger partial charge in [0, 0.05) is 0 Å². The van der Waals surface area contributed by atoms with E-state index in [1.165, 1.54) is 38.8 Å². The molecule has 0 saturated heterocycles. The molecule has 0 aliphatic heterocycles. The highest BCUT2D eigenvalue weighted by molar-refractivity contribution is 5.69. The first-order valence-corrected chi connectivity index (χ1v) is 8.07. The molecule has 116 valence electrons. The summed E-state index contributed by atoms with van der Waals surface area (Å²) >= 11 is 0. The van der Waals surface area contributed by atoms with Gasteiger partial charge in [0.25, 0.3) is 0 Å². The Balaban J connectivity index is 0. The van der Waals surface area contributed by atoms with Crippen molar-refractivity contribution in [3.05, 3.63) is 0 Å². The smallest absolute Gasteiger partial charge is 0.306 e. The van der Waals surface area contributed by atoms with Crippen molar-refractivity contribution in [3.8, 4) is 0 Å². The van der Waals surface area contributed by atoms with Gasteiger partial charge in [-0.05, 0) is 38.8 Å². The lowest BCUT2D eigenvalue weighted by Crippen LogP contribution is -2.15. The van der Waals surface area contributed by atoms with Crippen molar-refractivity contribution in [1.29, 1.82) is 0 Å². The van der Waals surface area contributed by atoms with Crippen molar-refractivity contribution >= 4 is 5.97 Å². The summed E-state index contributed by atoms with van der Waals surface area (Å²) < 4.78 is 0. The number of nitrogens with one attached hydrogen (secondary N) is 1. The van der Waals surface area contributed by atoms with Crippen LogP contribution in [0.5, 0.6) is 0 Å². The van der Waals surface area contributed by atoms with Gasteiger partial charge in [-0.3, -0.25) is 4.79 Å². The Bertz CT molecular complexity index is 178. The molecule has 0 bridgehead atoms. The minimum atomic E-state index is -0.643. The molecule has 0 aromatic rings. The van der Waals surface area contributed by atoms with Gasteiger partial charge in [0.05, 0.1) is 5.92 Å². The monoisotopic (exact) mass is 273 g/mol. The van der Waals surface area contributed by atoms with Crippen LogP contribution in [0.4, 0.5) is 0 Å². The summed E-state index contributed by atoms with van der Waals surface area (Å²) in [5.41, 5.74) is 0. The second-order valence-electron chi connectivity index (χ2n) is 5.04. The summed E-state index contributed by atoms with van der Waals surface area (Å²) in [5.74, 6) is -0.754. The Kier molecular flexibility index (Phi) is 19.0. The fourth-order valence-electron chi connectivity index (χ4n) is 1.68. The Hall–Kier alpha value is -0.570. The van der Waals surface area contributed by atoms with Crippen molar-refractivity contribution in [2.45, 2.75) is 79.1 Å². The minimum Gasteiger partial charge on any atom is -0.481 e. The number of carboxylic acids is 1. The van der Waals surface area contributed by atoms with Gasteiger partial charge in [0.15, 0.2) is 0 Å². The quantitative estimate of drug-likeness (QED) is 0.546. The molecule has 0 saturated carbocycles. The topological polar surface area (TPSA) is 49.3 Å². The molecule has 1 unspecified atom stereocenters. The standard InChI is InChI=1S/C8H19N.C8H16O2/c1-3-5-7-9-8-6-4-2;1-3-5-6-7(4-2)8(9)10/h9H,3-8H2,1-2H3;7H,3-6H2,1-2H3,(H,9,10). The highest BCUT2D eigenvalue weighted by Gasteiger charge is 2.12. The van der Waals surface area contributed by atoms with E-state index in [1.54, 1.807) is 0 Å². The van der Waals surface area contributed by atoms with Gasteiger partial charge < -0.3 is 10.4 Å². The predicted octanol–water partition coefficient (Wildman–Crippen LogP) is 4.46. The molecule has 0 amide bonds. The van der Waals surface area contributed by atoms with Crippen LogP contribution in [-0.4, -0.2) is 24.2 Å². The molecule has 0 spiro atoms. The van der Waals surface area contributed by atoms with Gasteiger partial charge >= 0.3 is 5.97 Å². The highest BCUT2D eigenvalue weighted by atomic mass is 16.4. The maximum atomic E-state index is 10.4. The van der Waals surface area contributed by atoms with E-state index >= 15 is 0 Å². The lowest BCUT2D eigenvalue weighted by Gasteiger charge is -2.06. The lowest BCUT2D eigenvalue weighted by atomic mass is 10.00. The number of unbranched alkanes of at least 4 members (excludes halogenated alkanes) is 3. The second-order valence-corrected chi connectivity index (χ2v) is 5.04. The highest BCUT2D eigenvalue weighted by Crippen LogP contribution is 2.11. The van der Waals surface area contributed by atoms with Crippen LogP contribution in [0.15, 0.2) is 0 Å². The zero-order chi connectivity index (χ0) is 14.9. The Morgan fingerprint density at radius 3 is 1.74 bits per heavy atom. The van der Waals surface area contributed by atoms with Crippen LogP contribution in [-0.2, 0) is 4.79 Å². The molecule has 2 N–H and O–H groups in total. The van der Waals surface area contributed by atoms with Gasteiger partial charge in [0.2, 0.25) is 0 Å². The van der Waals surface area contributed by atoms with Gasteiger partial charge in [-0.15, -0.1) is 0 Å². The molecule has 1 atom stereocenters. The van der Waals surface area contributed by atoms with Crippen LogP contribution >= 0.6 is 0 Å². The molecular weight excluding hydrogens is 238 g/mol. The number of hydrogen-bond donors (Lipinski definition) is 2. The Morgan fingerprint density at radius 1 is 0.947 bits per heavy atom. The molecule has 0 aromatic heterocycles. The molecular formula is C16H35NO2. The second kappa shape index (κ2) is 17.4. The third kappa shape index (κ3) is 17.4. The van der Waals surface area contributed by atoms with Crippen molar-refractivity contribution in [2.75, 3.05) is 13.1 Å². The number of hydrogen-bond acceptors (Lipinski definition) is 2. The van der Waals surface area contributed by atoms with Crippen LogP contribution in [0.2, 0.25) is 0 Å². The van der Waals surface area contributed by atoms with Crippen molar-refractivity contribution < 1.29 is 9.90 Å². The van der Waals surface area contributed by atoms with E-state index in [2.05, 4.69) is 26.1 Å². The average Bonchev–Trinajstić information content (AvgIpc) is 2.40. The molecule has 19 heavy (non-hydrogen) atoms. The van der Waals surface area contributed by atoms with Crippen molar-refractivity contribution in [2.24, 2.45) is 5.92 Å². The van der Waals surface area contributed by atoms with Gasteiger partial charge in [-0.1, -0.05) is 53.4 Å². The number of carbonyl (C=O) groups is 1. The molecule has 0 aromatic carbocycles. The van der Waals surface area contributed by atoms with Gasteiger partial charge in [0.1, 0.15) is 0 Å². The van der Waals surface area contributed by atoms with E-state index in [1.807, 2.05) is 6.92 Å². The van der Waals surface area contributed by atoms with Crippen molar-refractivity contribution in [3.63, 3.8) is 0 Å². The minimum absolute atomic E-state index is 0.111. The number of rotatable bonds is 11. The molecule has 0 heterocycles. The van der Waals surface area contributed by atoms with E-state index in [4.69, 9.17) is 5.11 Å². The predicted molar refractivity (Wildman–Crippen MR) is 83.6 cm³/mol. The lowest BCUT2D eigenvalue weighted by molar-refractivity contribution is -0.142. The van der Waals surface area contributed by atoms with Crippen LogP contribution < -0.4 is 5.32 Å². The van der Waals surface area contributed by atoms with Crippen LogP contribution in [0.25, 0.3) is 0 Å². The Labute approximate surface area is 120 Å². The van der Waals surface area contributed by atoms with E-state index in [0.29, 0.717) is 0 Å². The summed E-state index contributed by atoms with van der Waals surface area (Å²) in [4.78, 5) is 10.4. The average molecular weight is 273 g/mol.